The Morgan fingerprint density at radius 1 is 1.00 bits per heavy atom. The summed E-state index contributed by atoms with van der Waals surface area (Å²) in [6.45, 7) is 0.276. The van der Waals surface area contributed by atoms with Gasteiger partial charge in [-0.25, -0.2) is 9.18 Å². The summed E-state index contributed by atoms with van der Waals surface area (Å²) in [4.78, 5) is 11.5. The zero-order valence-electron chi connectivity index (χ0n) is 15.9. The smallest absolute Gasteiger partial charge is 0.336 e. The van der Waals surface area contributed by atoms with Gasteiger partial charge in [-0.1, -0.05) is 46.9 Å². The molecule has 1 aromatic heterocycles. The molecule has 0 aliphatic heterocycles. The Morgan fingerprint density at radius 2 is 1.81 bits per heavy atom. The largest absolute Gasteiger partial charge is 0.487 e. The van der Waals surface area contributed by atoms with E-state index in [1.54, 1.807) is 48.7 Å². The van der Waals surface area contributed by atoms with Crippen LogP contribution in [-0.4, -0.2) is 15.6 Å². The van der Waals surface area contributed by atoms with Crippen molar-refractivity contribution in [1.82, 2.24) is 4.57 Å². The van der Waals surface area contributed by atoms with Gasteiger partial charge in [0.25, 0.3) is 0 Å². The molecule has 0 unspecified atom stereocenters. The second-order valence-corrected chi connectivity index (χ2v) is 8.17. The molecule has 31 heavy (non-hydrogen) atoms. The maximum atomic E-state index is 14.1. The molecule has 4 aromatic rings. The second-order valence-electron chi connectivity index (χ2n) is 6.89. The van der Waals surface area contributed by atoms with E-state index in [-0.39, 0.29) is 12.2 Å². The molecule has 1 heterocycles. The maximum absolute atomic E-state index is 14.1. The molecule has 0 radical (unpaired) electrons. The van der Waals surface area contributed by atoms with Crippen LogP contribution in [0.4, 0.5) is 4.39 Å². The van der Waals surface area contributed by atoms with Crippen molar-refractivity contribution in [2.75, 3.05) is 0 Å². The lowest BCUT2D eigenvalue weighted by molar-refractivity contribution is 0.0699. The molecule has 0 spiro atoms. The van der Waals surface area contributed by atoms with Crippen molar-refractivity contribution < 1.29 is 19.0 Å². The molecule has 8 heteroatoms. The lowest BCUT2D eigenvalue weighted by Gasteiger charge is -2.16. The van der Waals surface area contributed by atoms with E-state index < -0.39 is 11.8 Å². The highest BCUT2D eigenvalue weighted by molar-refractivity contribution is 6.35. The van der Waals surface area contributed by atoms with Gasteiger partial charge in [-0.2, -0.15) is 0 Å². The maximum Gasteiger partial charge on any atom is 0.336 e. The van der Waals surface area contributed by atoms with E-state index in [9.17, 15) is 14.3 Å². The highest BCUT2D eigenvalue weighted by Gasteiger charge is 2.16. The third-order valence-corrected chi connectivity index (χ3v) is 5.59. The quantitative estimate of drug-likeness (QED) is 0.322. The van der Waals surface area contributed by atoms with Gasteiger partial charge in [0.05, 0.1) is 17.1 Å². The zero-order valence-corrected chi connectivity index (χ0v) is 18.2. The van der Waals surface area contributed by atoms with E-state index in [1.807, 2.05) is 10.6 Å². The first-order chi connectivity index (χ1) is 14.8. The first-order valence-electron chi connectivity index (χ1n) is 9.19. The number of carboxylic acids is 1. The summed E-state index contributed by atoms with van der Waals surface area (Å²) < 4.78 is 21.9. The average molecular weight is 479 g/mol. The van der Waals surface area contributed by atoms with Gasteiger partial charge in [-0.05, 0) is 42.5 Å². The summed E-state index contributed by atoms with van der Waals surface area (Å²) in [6, 6.07) is 14.4. The van der Waals surface area contributed by atoms with Crippen LogP contribution < -0.4 is 4.74 Å². The summed E-state index contributed by atoms with van der Waals surface area (Å²) in [6.07, 6.45) is 1.79. The van der Waals surface area contributed by atoms with Crippen LogP contribution in [0.1, 0.15) is 21.5 Å². The summed E-state index contributed by atoms with van der Waals surface area (Å²) >= 11 is 18.4. The topological polar surface area (TPSA) is 51.5 Å². The number of fused-ring (bicyclic) bond motifs is 1. The fourth-order valence-electron chi connectivity index (χ4n) is 3.41. The molecule has 3 aromatic carbocycles. The number of nitrogens with zero attached hydrogens (tertiary/aromatic N) is 1. The first-order valence-corrected chi connectivity index (χ1v) is 10.3. The van der Waals surface area contributed by atoms with E-state index in [0.717, 1.165) is 5.52 Å². The minimum Gasteiger partial charge on any atom is -0.487 e. The van der Waals surface area contributed by atoms with Crippen LogP contribution in [0.15, 0.2) is 60.8 Å². The molecule has 4 rings (SSSR count). The lowest BCUT2D eigenvalue weighted by atomic mass is 10.1. The molecule has 0 saturated carbocycles. The van der Waals surface area contributed by atoms with E-state index in [0.29, 0.717) is 43.9 Å². The summed E-state index contributed by atoms with van der Waals surface area (Å²) in [5.41, 5.74) is 1.96. The van der Waals surface area contributed by atoms with Gasteiger partial charge in [0.1, 0.15) is 18.2 Å². The monoisotopic (exact) mass is 477 g/mol. The van der Waals surface area contributed by atoms with E-state index >= 15 is 0 Å². The molecule has 158 valence electrons. The number of carbonyl (C=O) groups is 1. The molecule has 0 fully saturated rings. The van der Waals surface area contributed by atoms with Crippen molar-refractivity contribution in [2.45, 2.75) is 13.2 Å². The number of ether oxygens (including phenoxy) is 1. The van der Waals surface area contributed by atoms with Crippen LogP contribution >= 0.6 is 34.8 Å². The predicted octanol–water partition coefficient (Wildman–Crippen LogP) is 7.07. The van der Waals surface area contributed by atoms with Crippen molar-refractivity contribution in [1.29, 1.82) is 0 Å². The Labute approximate surface area is 192 Å². The Kier molecular flexibility index (Phi) is 6.10. The Morgan fingerprint density at radius 3 is 2.55 bits per heavy atom. The molecule has 0 aliphatic carbocycles. The van der Waals surface area contributed by atoms with Gasteiger partial charge in [-0.15, -0.1) is 0 Å². The van der Waals surface area contributed by atoms with E-state index in [1.165, 1.54) is 6.07 Å². The molecule has 0 amide bonds. The molecule has 0 atom stereocenters. The number of halogens is 4. The zero-order chi connectivity index (χ0) is 22.1. The van der Waals surface area contributed by atoms with Crippen molar-refractivity contribution in [3.8, 4) is 5.75 Å². The molecule has 1 N–H and O–H groups in total. The average Bonchev–Trinajstić information content (AvgIpc) is 3.11. The number of rotatable bonds is 6. The summed E-state index contributed by atoms with van der Waals surface area (Å²) in [5, 5.41) is 11.0. The highest BCUT2D eigenvalue weighted by Crippen LogP contribution is 2.35. The SMILES string of the molecule is O=C(O)c1cccc2c1ccn2Cc1cc(Cl)cc(Cl)c1OCc1ccc(Cl)cc1F. The summed E-state index contributed by atoms with van der Waals surface area (Å²) in [7, 11) is 0. The molecule has 4 nitrogen and oxygen atoms in total. The van der Waals surface area contributed by atoms with Crippen LogP contribution in [0.5, 0.6) is 5.75 Å². The van der Waals surface area contributed by atoms with E-state index in [2.05, 4.69) is 0 Å². The van der Waals surface area contributed by atoms with Gasteiger partial charge in [-0.3, -0.25) is 0 Å². The fourth-order valence-corrected chi connectivity index (χ4v) is 4.16. The summed E-state index contributed by atoms with van der Waals surface area (Å²) in [5.74, 6) is -1.10. The van der Waals surface area contributed by atoms with Crippen LogP contribution in [0.25, 0.3) is 10.9 Å². The number of aromatic nitrogens is 1. The highest BCUT2D eigenvalue weighted by atomic mass is 35.5. The number of hydrogen-bond donors (Lipinski definition) is 1. The number of benzene rings is 3. The van der Waals surface area contributed by atoms with Crippen molar-refractivity contribution >= 4 is 51.7 Å². The third kappa shape index (κ3) is 4.49. The first kappa shape index (κ1) is 21.5. The van der Waals surface area contributed by atoms with Crippen LogP contribution in [0.3, 0.4) is 0 Å². The second kappa shape index (κ2) is 8.79. The normalized spacial score (nSPS) is 11.1. The predicted molar refractivity (Wildman–Crippen MR) is 120 cm³/mol. The number of carboxylic acid groups (broad SMARTS) is 1. The van der Waals surface area contributed by atoms with Gasteiger partial charge >= 0.3 is 5.97 Å². The molecular weight excluding hydrogens is 464 g/mol. The van der Waals surface area contributed by atoms with Crippen LogP contribution in [0, 0.1) is 5.82 Å². The Bertz CT molecular complexity index is 1300. The van der Waals surface area contributed by atoms with Gasteiger partial charge in [0, 0.05) is 38.3 Å². The van der Waals surface area contributed by atoms with Crippen molar-refractivity contribution in [3.63, 3.8) is 0 Å². The number of aromatic carboxylic acids is 1. The van der Waals surface area contributed by atoms with Crippen LogP contribution in [-0.2, 0) is 13.2 Å². The minimum absolute atomic E-state index is 0.0487. The standard InChI is InChI=1S/C23H15Cl3FNO3/c24-15-5-4-13(20(27)10-15)12-31-22-14(8-16(25)9-19(22)26)11-28-7-6-17-18(23(29)30)2-1-3-21(17)28/h1-10H,11-12H2,(H,29,30). The van der Waals surface area contributed by atoms with Gasteiger partial charge < -0.3 is 14.4 Å². The number of hydrogen-bond acceptors (Lipinski definition) is 2. The van der Waals surface area contributed by atoms with Crippen molar-refractivity contribution in [3.05, 3.63) is 98.4 Å². The van der Waals surface area contributed by atoms with E-state index in [4.69, 9.17) is 39.5 Å². The van der Waals surface area contributed by atoms with Gasteiger partial charge in [0.15, 0.2) is 0 Å². The molecule has 0 bridgehead atoms. The van der Waals surface area contributed by atoms with Gasteiger partial charge in [0.2, 0.25) is 0 Å². The fraction of sp³-hybridized carbons (Fsp3) is 0.0870. The van der Waals surface area contributed by atoms with Crippen molar-refractivity contribution in [2.24, 2.45) is 0 Å². The minimum atomic E-state index is -0.997. The third-order valence-electron chi connectivity index (χ3n) is 4.86. The Hall–Kier alpha value is -2.73. The molecule has 0 saturated heterocycles. The molecular formula is C23H15Cl3FNO3. The Balaban J connectivity index is 1.68. The molecule has 0 aliphatic rings. The lowest BCUT2D eigenvalue weighted by Crippen LogP contribution is -2.05. The van der Waals surface area contributed by atoms with Crippen LogP contribution in [0.2, 0.25) is 15.1 Å².